The van der Waals surface area contributed by atoms with Gasteiger partial charge in [-0.25, -0.2) is 0 Å². The van der Waals surface area contributed by atoms with Crippen molar-refractivity contribution in [3.05, 3.63) is 48.6 Å². The Kier molecular flexibility index (Phi) is 3.52. The van der Waals surface area contributed by atoms with Crippen LogP contribution >= 0.6 is 11.8 Å². The first-order valence-electron chi connectivity index (χ1n) is 8.98. The molecule has 4 aliphatic heterocycles. The van der Waals surface area contributed by atoms with Crippen LogP contribution in [0.4, 0.5) is 5.69 Å². The van der Waals surface area contributed by atoms with Crippen LogP contribution in [-0.4, -0.2) is 42.4 Å². The number of anilines is 1. The largest absolute Gasteiger partial charge is 0.362 e. The molecule has 1 aromatic carbocycles. The highest BCUT2D eigenvalue weighted by Gasteiger charge is 2.39. The number of allylic oxidation sites excluding steroid dienone is 2. The number of piperidine rings is 3. The maximum absolute atomic E-state index is 2.71. The third kappa shape index (κ3) is 2.45. The summed E-state index contributed by atoms with van der Waals surface area (Å²) in [5, 5.41) is 0.566. The molecule has 0 N–H and O–H groups in total. The normalized spacial score (nSPS) is 37.6. The lowest BCUT2D eigenvalue weighted by Crippen LogP contribution is -2.54. The predicted molar refractivity (Wildman–Crippen MR) is 98.2 cm³/mol. The monoisotopic (exact) mass is 324 g/mol. The summed E-state index contributed by atoms with van der Waals surface area (Å²) in [6.45, 7) is 5.20. The van der Waals surface area contributed by atoms with Gasteiger partial charge in [-0.15, -0.1) is 11.8 Å². The molecule has 0 amide bonds. The quantitative estimate of drug-likeness (QED) is 0.817. The van der Waals surface area contributed by atoms with Crippen molar-refractivity contribution in [2.45, 2.75) is 29.0 Å². The van der Waals surface area contributed by atoms with Crippen LogP contribution in [-0.2, 0) is 0 Å². The standard InChI is InChI=1S/C20H24N2S/c1-3-7-19-17(5-1)22(18-6-2-4-8-20(18)23-19)14-16-13-21-11-9-15(16)10-12-21/h1-8,15-17,19H,9-14H2. The summed E-state index contributed by atoms with van der Waals surface area (Å²) in [6, 6.07) is 9.53. The predicted octanol–water partition coefficient (Wildman–Crippen LogP) is 3.80. The summed E-state index contributed by atoms with van der Waals surface area (Å²) in [6.07, 6.45) is 12.1. The molecule has 0 spiro atoms. The van der Waals surface area contributed by atoms with Crippen LogP contribution < -0.4 is 4.90 Å². The first kappa shape index (κ1) is 14.2. The van der Waals surface area contributed by atoms with Crippen LogP contribution in [0.1, 0.15) is 12.8 Å². The third-order valence-electron chi connectivity index (χ3n) is 6.08. The van der Waals surface area contributed by atoms with E-state index in [1.54, 1.807) is 0 Å². The van der Waals surface area contributed by atoms with E-state index >= 15 is 0 Å². The van der Waals surface area contributed by atoms with Crippen LogP contribution in [0.5, 0.6) is 0 Å². The molecule has 4 heterocycles. The van der Waals surface area contributed by atoms with E-state index in [-0.39, 0.29) is 0 Å². The van der Waals surface area contributed by atoms with Crippen molar-refractivity contribution < 1.29 is 0 Å². The number of nitrogens with zero attached hydrogens (tertiary/aromatic N) is 2. The molecule has 3 atom stereocenters. The third-order valence-corrected chi connectivity index (χ3v) is 7.38. The van der Waals surface area contributed by atoms with Crippen molar-refractivity contribution in [1.82, 2.24) is 4.90 Å². The van der Waals surface area contributed by atoms with E-state index in [1.165, 1.54) is 49.6 Å². The fourth-order valence-corrected chi connectivity index (χ4v) is 6.14. The van der Waals surface area contributed by atoms with Crippen LogP contribution in [0.25, 0.3) is 0 Å². The molecule has 0 aromatic heterocycles. The molecule has 120 valence electrons. The summed E-state index contributed by atoms with van der Waals surface area (Å²) in [5.74, 6) is 1.79. The number of rotatable bonds is 2. The molecule has 3 unspecified atom stereocenters. The second kappa shape index (κ2) is 5.71. The molecule has 0 radical (unpaired) electrons. The first-order chi connectivity index (χ1) is 11.4. The molecule has 2 bridgehead atoms. The topological polar surface area (TPSA) is 6.48 Å². The molecule has 3 fully saturated rings. The Bertz CT molecular complexity index is 645. The maximum Gasteiger partial charge on any atom is 0.0634 e. The number of thioether (sulfide) groups is 1. The van der Waals surface area contributed by atoms with Gasteiger partial charge in [-0.1, -0.05) is 36.4 Å². The van der Waals surface area contributed by atoms with Gasteiger partial charge < -0.3 is 9.80 Å². The van der Waals surface area contributed by atoms with Gasteiger partial charge in [-0.05, 0) is 49.9 Å². The van der Waals surface area contributed by atoms with Crippen molar-refractivity contribution >= 4 is 17.4 Å². The zero-order valence-corrected chi connectivity index (χ0v) is 14.3. The van der Waals surface area contributed by atoms with Gasteiger partial charge in [0.1, 0.15) is 0 Å². The SMILES string of the molecule is C1=CC2Sc3ccccc3N(CC3CN4CCC3CC4)C2C=C1. The van der Waals surface area contributed by atoms with E-state index < -0.39 is 0 Å². The second-order valence-corrected chi connectivity index (χ2v) is 8.58. The number of fused-ring (bicyclic) bond motifs is 5. The van der Waals surface area contributed by atoms with Gasteiger partial charge in [-0.2, -0.15) is 0 Å². The van der Waals surface area contributed by atoms with E-state index in [9.17, 15) is 0 Å². The second-order valence-electron chi connectivity index (χ2n) is 7.36. The van der Waals surface area contributed by atoms with Crippen LogP contribution in [0, 0.1) is 11.8 Å². The highest BCUT2D eigenvalue weighted by atomic mass is 32.2. The van der Waals surface area contributed by atoms with Gasteiger partial charge in [0.25, 0.3) is 0 Å². The minimum atomic E-state index is 0.523. The lowest BCUT2D eigenvalue weighted by Gasteiger charge is -2.49. The Morgan fingerprint density at radius 2 is 1.87 bits per heavy atom. The smallest absolute Gasteiger partial charge is 0.0634 e. The Balaban J connectivity index is 1.47. The average Bonchev–Trinajstić information content (AvgIpc) is 2.62. The van der Waals surface area contributed by atoms with Crippen molar-refractivity contribution in [2.75, 3.05) is 31.1 Å². The molecule has 1 aromatic rings. The number of hydrogen-bond acceptors (Lipinski definition) is 3. The van der Waals surface area contributed by atoms with Crippen molar-refractivity contribution in [1.29, 1.82) is 0 Å². The van der Waals surface area contributed by atoms with Crippen molar-refractivity contribution in [2.24, 2.45) is 11.8 Å². The molecule has 3 heteroatoms. The Morgan fingerprint density at radius 3 is 2.70 bits per heavy atom. The lowest BCUT2D eigenvalue weighted by molar-refractivity contribution is 0.0538. The Morgan fingerprint density at radius 1 is 1.04 bits per heavy atom. The van der Waals surface area contributed by atoms with E-state index in [1.807, 2.05) is 11.8 Å². The van der Waals surface area contributed by atoms with Gasteiger partial charge in [0.05, 0.1) is 17.0 Å². The number of para-hydroxylation sites is 1. The van der Waals surface area contributed by atoms with E-state index in [4.69, 9.17) is 0 Å². The Hall–Kier alpha value is -1.19. The molecule has 2 nitrogen and oxygen atoms in total. The molecule has 6 rings (SSSR count). The fourth-order valence-electron chi connectivity index (χ4n) is 4.83. The molecule has 5 aliphatic rings. The molecule has 23 heavy (non-hydrogen) atoms. The fraction of sp³-hybridized carbons (Fsp3) is 0.500. The Labute approximate surface area is 143 Å². The molecule has 3 saturated heterocycles. The van der Waals surface area contributed by atoms with E-state index in [2.05, 4.69) is 58.4 Å². The molecular formula is C20H24N2S. The molecular weight excluding hydrogens is 300 g/mol. The maximum atomic E-state index is 2.71. The summed E-state index contributed by atoms with van der Waals surface area (Å²) < 4.78 is 0. The van der Waals surface area contributed by atoms with Crippen molar-refractivity contribution in [3.8, 4) is 0 Å². The summed E-state index contributed by atoms with van der Waals surface area (Å²) in [7, 11) is 0. The summed E-state index contributed by atoms with van der Waals surface area (Å²) >= 11 is 2.03. The first-order valence-corrected chi connectivity index (χ1v) is 9.86. The highest BCUT2D eigenvalue weighted by molar-refractivity contribution is 8.00. The lowest BCUT2D eigenvalue weighted by atomic mass is 9.78. The van der Waals surface area contributed by atoms with E-state index in [0.717, 1.165) is 11.8 Å². The minimum absolute atomic E-state index is 0.523. The summed E-state index contributed by atoms with van der Waals surface area (Å²) in [4.78, 5) is 6.85. The van der Waals surface area contributed by atoms with Crippen molar-refractivity contribution in [3.63, 3.8) is 0 Å². The minimum Gasteiger partial charge on any atom is -0.362 e. The molecule has 1 aliphatic carbocycles. The summed E-state index contributed by atoms with van der Waals surface area (Å²) in [5.41, 5.74) is 1.45. The zero-order valence-electron chi connectivity index (χ0n) is 13.5. The van der Waals surface area contributed by atoms with Gasteiger partial charge in [0.15, 0.2) is 0 Å². The number of hydrogen-bond donors (Lipinski definition) is 0. The number of benzene rings is 1. The van der Waals surface area contributed by atoms with Crippen LogP contribution in [0.3, 0.4) is 0 Å². The molecule has 0 saturated carbocycles. The van der Waals surface area contributed by atoms with Crippen LogP contribution in [0.15, 0.2) is 53.5 Å². The highest BCUT2D eigenvalue weighted by Crippen LogP contribution is 2.45. The van der Waals surface area contributed by atoms with Gasteiger partial charge in [-0.3, -0.25) is 0 Å². The van der Waals surface area contributed by atoms with E-state index in [0.29, 0.717) is 11.3 Å². The van der Waals surface area contributed by atoms with Gasteiger partial charge in [0, 0.05) is 18.0 Å². The average molecular weight is 324 g/mol. The van der Waals surface area contributed by atoms with Gasteiger partial charge in [0.2, 0.25) is 0 Å². The zero-order chi connectivity index (χ0) is 15.2. The van der Waals surface area contributed by atoms with Gasteiger partial charge >= 0.3 is 0 Å². The van der Waals surface area contributed by atoms with Crippen LogP contribution in [0.2, 0.25) is 0 Å².